The Morgan fingerprint density at radius 2 is 1.81 bits per heavy atom. The minimum atomic E-state index is -0.458. The quantitative estimate of drug-likeness (QED) is 0.515. The van der Waals surface area contributed by atoms with E-state index in [0.717, 1.165) is 10.5 Å². The average Bonchev–Trinajstić information content (AvgIpc) is 2.54. The van der Waals surface area contributed by atoms with Crippen LogP contribution in [0.5, 0.6) is 0 Å². The lowest BCUT2D eigenvalue weighted by Crippen LogP contribution is -2.22. The molecule has 0 aromatic heterocycles. The number of amides is 2. The lowest BCUT2D eigenvalue weighted by Gasteiger charge is -2.10. The van der Waals surface area contributed by atoms with Gasteiger partial charge in [0.05, 0.1) is 5.92 Å². The van der Waals surface area contributed by atoms with Crippen LogP contribution in [0.3, 0.4) is 0 Å². The molecular formula is C11H10BrNO2S. The van der Waals surface area contributed by atoms with Crippen molar-refractivity contribution in [2.45, 2.75) is 15.6 Å². The van der Waals surface area contributed by atoms with Crippen molar-refractivity contribution < 1.29 is 9.59 Å². The summed E-state index contributed by atoms with van der Waals surface area (Å²) in [5.41, 5.74) is 0.864. The SMILES string of the molecule is CSc1ccc(C2C(=O)NC(=O)C2Br)cc1. The van der Waals surface area contributed by atoms with Crippen LogP contribution in [0.2, 0.25) is 0 Å². The lowest BCUT2D eigenvalue weighted by atomic mass is 9.98. The predicted octanol–water partition coefficient (Wildman–Crippen LogP) is 1.91. The summed E-state index contributed by atoms with van der Waals surface area (Å²) in [5, 5.41) is 2.31. The van der Waals surface area contributed by atoms with Crippen molar-refractivity contribution in [2.24, 2.45) is 0 Å². The summed E-state index contributed by atoms with van der Waals surface area (Å²) in [6, 6.07) is 7.69. The maximum absolute atomic E-state index is 11.6. The van der Waals surface area contributed by atoms with Crippen LogP contribution < -0.4 is 5.32 Å². The number of alkyl halides is 1. The zero-order valence-corrected chi connectivity index (χ0v) is 11.0. The van der Waals surface area contributed by atoms with Crippen molar-refractivity contribution in [3.63, 3.8) is 0 Å². The summed E-state index contributed by atoms with van der Waals surface area (Å²) in [6.07, 6.45) is 1.99. The van der Waals surface area contributed by atoms with Gasteiger partial charge in [0.2, 0.25) is 11.8 Å². The molecule has 0 radical (unpaired) electrons. The van der Waals surface area contributed by atoms with Crippen LogP contribution in [-0.2, 0) is 9.59 Å². The summed E-state index contributed by atoms with van der Waals surface area (Å²) >= 11 is 4.89. The van der Waals surface area contributed by atoms with Crippen molar-refractivity contribution in [3.8, 4) is 0 Å². The molecule has 5 heteroatoms. The highest BCUT2D eigenvalue weighted by Gasteiger charge is 2.40. The number of thioether (sulfide) groups is 1. The number of benzene rings is 1. The number of carbonyl (C=O) groups is 2. The van der Waals surface area contributed by atoms with Crippen LogP contribution in [-0.4, -0.2) is 22.9 Å². The van der Waals surface area contributed by atoms with E-state index in [1.54, 1.807) is 11.8 Å². The number of rotatable bonds is 2. The maximum atomic E-state index is 11.6. The van der Waals surface area contributed by atoms with Crippen LogP contribution >= 0.6 is 27.7 Å². The zero-order chi connectivity index (χ0) is 11.7. The van der Waals surface area contributed by atoms with Gasteiger partial charge in [-0.25, -0.2) is 0 Å². The molecule has 1 N–H and O–H groups in total. The molecule has 2 rings (SSSR count). The number of carbonyl (C=O) groups excluding carboxylic acids is 2. The standard InChI is InChI=1S/C11H10BrNO2S/c1-16-7-4-2-6(3-5-7)8-9(12)11(15)13-10(8)14/h2-5,8-9H,1H3,(H,13,14,15). The van der Waals surface area contributed by atoms with Gasteiger partial charge in [-0.2, -0.15) is 0 Å². The molecule has 0 bridgehead atoms. The fourth-order valence-electron chi connectivity index (χ4n) is 1.68. The van der Waals surface area contributed by atoms with E-state index in [2.05, 4.69) is 21.2 Å². The summed E-state index contributed by atoms with van der Waals surface area (Å²) in [7, 11) is 0. The van der Waals surface area contributed by atoms with Crippen molar-refractivity contribution >= 4 is 39.5 Å². The molecule has 1 aliphatic heterocycles. The maximum Gasteiger partial charge on any atom is 0.241 e. The van der Waals surface area contributed by atoms with Gasteiger partial charge in [-0.3, -0.25) is 14.9 Å². The second-order valence-electron chi connectivity index (χ2n) is 3.51. The molecule has 1 aromatic rings. The molecule has 1 saturated heterocycles. The second kappa shape index (κ2) is 4.59. The monoisotopic (exact) mass is 299 g/mol. The van der Waals surface area contributed by atoms with E-state index in [4.69, 9.17) is 0 Å². The van der Waals surface area contributed by atoms with Crippen molar-refractivity contribution in [1.82, 2.24) is 5.32 Å². The fourth-order valence-corrected chi connectivity index (χ4v) is 2.75. The van der Waals surface area contributed by atoms with Gasteiger partial charge >= 0.3 is 0 Å². The first kappa shape index (κ1) is 11.7. The molecule has 2 amide bonds. The van der Waals surface area contributed by atoms with Gasteiger partial charge in [-0.15, -0.1) is 11.8 Å². The molecule has 0 saturated carbocycles. The van der Waals surface area contributed by atoms with E-state index in [9.17, 15) is 9.59 Å². The van der Waals surface area contributed by atoms with Crippen LogP contribution in [0.15, 0.2) is 29.2 Å². The summed E-state index contributed by atoms with van der Waals surface area (Å²) in [6.45, 7) is 0. The van der Waals surface area contributed by atoms with Gasteiger partial charge in [0.25, 0.3) is 0 Å². The molecule has 1 aliphatic rings. The van der Waals surface area contributed by atoms with E-state index >= 15 is 0 Å². The smallest absolute Gasteiger partial charge is 0.241 e. The van der Waals surface area contributed by atoms with Crippen LogP contribution in [0, 0.1) is 0 Å². The number of hydrogen-bond acceptors (Lipinski definition) is 3. The Labute approximate surface area is 106 Å². The highest BCUT2D eigenvalue weighted by Crippen LogP contribution is 2.30. The second-order valence-corrected chi connectivity index (χ2v) is 5.37. The Balaban J connectivity index is 2.29. The van der Waals surface area contributed by atoms with E-state index in [1.165, 1.54) is 0 Å². The van der Waals surface area contributed by atoms with Crippen molar-refractivity contribution in [3.05, 3.63) is 29.8 Å². The minimum absolute atomic E-state index is 0.233. The Bertz CT molecular complexity index is 432. The molecule has 3 nitrogen and oxygen atoms in total. The van der Waals surface area contributed by atoms with E-state index in [-0.39, 0.29) is 11.8 Å². The molecule has 2 unspecified atom stereocenters. The Kier molecular flexibility index (Phi) is 3.35. The summed E-state index contributed by atoms with van der Waals surface area (Å²) < 4.78 is 0. The third-order valence-electron chi connectivity index (χ3n) is 2.55. The lowest BCUT2D eigenvalue weighted by molar-refractivity contribution is -0.125. The van der Waals surface area contributed by atoms with Gasteiger partial charge in [-0.1, -0.05) is 28.1 Å². The van der Waals surface area contributed by atoms with Crippen LogP contribution in [0.1, 0.15) is 11.5 Å². The minimum Gasteiger partial charge on any atom is -0.295 e. The van der Waals surface area contributed by atoms with Gasteiger partial charge in [0.15, 0.2) is 0 Å². The van der Waals surface area contributed by atoms with Gasteiger partial charge < -0.3 is 0 Å². The topological polar surface area (TPSA) is 46.2 Å². The van der Waals surface area contributed by atoms with E-state index in [0.29, 0.717) is 0 Å². The highest BCUT2D eigenvalue weighted by molar-refractivity contribution is 9.10. The molecule has 1 heterocycles. The van der Waals surface area contributed by atoms with Crippen LogP contribution in [0.25, 0.3) is 0 Å². The normalized spacial score (nSPS) is 24.6. The summed E-state index contributed by atoms with van der Waals surface area (Å²) in [5.74, 6) is -0.906. The molecule has 1 aromatic carbocycles. The fraction of sp³-hybridized carbons (Fsp3) is 0.273. The van der Waals surface area contributed by atoms with Crippen molar-refractivity contribution in [2.75, 3.05) is 6.26 Å². The first-order valence-corrected chi connectivity index (χ1v) is 6.90. The highest BCUT2D eigenvalue weighted by atomic mass is 79.9. The molecule has 0 aliphatic carbocycles. The number of halogens is 1. The third kappa shape index (κ3) is 2.01. The Morgan fingerprint density at radius 1 is 1.19 bits per heavy atom. The first-order valence-electron chi connectivity index (χ1n) is 4.76. The largest absolute Gasteiger partial charge is 0.295 e. The van der Waals surface area contributed by atoms with Gasteiger partial charge in [-0.05, 0) is 24.0 Å². The first-order chi connectivity index (χ1) is 7.63. The van der Waals surface area contributed by atoms with Crippen LogP contribution in [0.4, 0.5) is 0 Å². The number of hydrogen-bond donors (Lipinski definition) is 1. The number of nitrogens with one attached hydrogen (secondary N) is 1. The number of imide groups is 1. The van der Waals surface area contributed by atoms with Gasteiger partial charge in [0.1, 0.15) is 4.83 Å². The molecule has 0 spiro atoms. The summed E-state index contributed by atoms with van der Waals surface area (Å²) in [4.78, 5) is 23.6. The molecule has 2 atom stereocenters. The molecular weight excluding hydrogens is 290 g/mol. The molecule has 1 fully saturated rings. The molecule has 16 heavy (non-hydrogen) atoms. The molecule has 84 valence electrons. The average molecular weight is 300 g/mol. The van der Waals surface area contributed by atoms with Crippen molar-refractivity contribution in [1.29, 1.82) is 0 Å². The van der Waals surface area contributed by atoms with Gasteiger partial charge in [0, 0.05) is 4.90 Å². The zero-order valence-electron chi connectivity index (χ0n) is 8.57. The third-order valence-corrected chi connectivity index (χ3v) is 4.23. The Hall–Kier alpha value is -0.810. The van der Waals surface area contributed by atoms with E-state index in [1.807, 2.05) is 30.5 Å². The Morgan fingerprint density at radius 3 is 2.25 bits per heavy atom. The van der Waals surface area contributed by atoms with E-state index < -0.39 is 10.7 Å². The predicted molar refractivity (Wildman–Crippen MR) is 66.8 cm³/mol.